The standard InChI is InChI=1S/C9H17/c1-5-6-9(4)7-8(2)3/h4,8H,5-7H2,1-3H3. The van der Waals surface area contributed by atoms with Gasteiger partial charge in [-0.15, -0.1) is 0 Å². The van der Waals surface area contributed by atoms with Crippen molar-refractivity contribution in [2.24, 2.45) is 5.92 Å². The molecule has 0 aromatic rings. The van der Waals surface area contributed by atoms with Crippen molar-refractivity contribution >= 4 is 0 Å². The third-order valence-electron chi connectivity index (χ3n) is 1.24. The fourth-order valence-corrected chi connectivity index (χ4v) is 0.948. The molecule has 0 saturated heterocycles. The van der Waals surface area contributed by atoms with Gasteiger partial charge >= 0.3 is 0 Å². The molecule has 0 saturated carbocycles. The molecule has 9 heavy (non-hydrogen) atoms. The van der Waals surface area contributed by atoms with Gasteiger partial charge < -0.3 is 0 Å². The molecule has 0 aromatic carbocycles. The van der Waals surface area contributed by atoms with E-state index in [4.69, 9.17) is 6.58 Å². The summed E-state index contributed by atoms with van der Waals surface area (Å²) in [5.74, 6) is 0.719. The quantitative estimate of drug-likeness (QED) is 0.541. The summed E-state index contributed by atoms with van der Waals surface area (Å²) in [4.78, 5) is 0. The highest BCUT2D eigenvalue weighted by Gasteiger charge is 1.96. The van der Waals surface area contributed by atoms with Gasteiger partial charge in [0.05, 0.1) is 0 Å². The van der Waals surface area contributed by atoms with Crippen LogP contribution < -0.4 is 0 Å². The van der Waals surface area contributed by atoms with Gasteiger partial charge in [0.15, 0.2) is 0 Å². The van der Waals surface area contributed by atoms with E-state index < -0.39 is 0 Å². The largest absolute Gasteiger partial charge is 0.0700 e. The molecule has 0 N–H and O–H groups in total. The Kier molecular flexibility index (Phi) is 4.47. The molecule has 0 aromatic heterocycles. The van der Waals surface area contributed by atoms with Gasteiger partial charge in [-0.1, -0.05) is 39.3 Å². The van der Waals surface area contributed by atoms with Crippen LogP contribution in [0.1, 0.15) is 40.0 Å². The Morgan fingerprint density at radius 1 is 1.44 bits per heavy atom. The van der Waals surface area contributed by atoms with Crippen LogP contribution in [0.15, 0.2) is 5.57 Å². The van der Waals surface area contributed by atoms with E-state index in [-0.39, 0.29) is 0 Å². The predicted molar refractivity (Wildman–Crippen MR) is 42.2 cm³/mol. The Labute approximate surface area is 59.0 Å². The van der Waals surface area contributed by atoms with Crippen LogP contribution in [0.4, 0.5) is 0 Å². The summed E-state index contributed by atoms with van der Waals surface area (Å²) < 4.78 is 0. The molecule has 0 heterocycles. The minimum atomic E-state index is 0.719. The lowest BCUT2D eigenvalue weighted by Gasteiger charge is -2.05. The highest BCUT2D eigenvalue weighted by atomic mass is 14.0. The zero-order valence-electron chi connectivity index (χ0n) is 6.78. The van der Waals surface area contributed by atoms with Crippen LogP contribution in [0.5, 0.6) is 0 Å². The van der Waals surface area contributed by atoms with Crippen molar-refractivity contribution in [2.75, 3.05) is 0 Å². The summed E-state index contributed by atoms with van der Waals surface area (Å²) >= 11 is 0. The maximum absolute atomic E-state index is 5.70. The van der Waals surface area contributed by atoms with Gasteiger partial charge in [-0.05, 0) is 18.8 Å². The molecule has 0 aliphatic rings. The van der Waals surface area contributed by atoms with Crippen LogP contribution in [-0.2, 0) is 0 Å². The lowest BCUT2D eigenvalue weighted by molar-refractivity contribution is 0.622. The van der Waals surface area contributed by atoms with E-state index in [1.165, 1.54) is 6.42 Å². The van der Waals surface area contributed by atoms with Gasteiger partial charge in [-0.25, -0.2) is 0 Å². The monoisotopic (exact) mass is 125 g/mol. The van der Waals surface area contributed by atoms with Crippen LogP contribution in [0.3, 0.4) is 0 Å². The molecule has 0 amide bonds. The average molecular weight is 125 g/mol. The normalized spacial score (nSPS) is 10.2. The lowest BCUT2D eigenvalue weighted by Crippen LogP contribution is -1.89. The smallest absolute Gasteiger partial charge is 0.0294 e. The molecular formula is C9H17. The Morgan fingerprint density at radius 3 is 2.33 bits per heavy atom. The summed E-state index contributed by atoms with van der Waals surface area (Å²) in [6, 6.07) is 0. The number of allylic oxidation sites excluding steroid dienone is 1. The van der Waals surface area contributed by atoms with Crippen molar-refractivity contribution in [1.82, 2.24) is 0 Å². The van der Waals surface area contributed by atoms with Gasteiger partial charge in [-0.2, -0.15) is 0 Å². The number of rotatable bonds is 4. The van der Waals surface area contributed by atoms with E-state index >= 15 is 0 Å². The van der Waals surface area contributed by atoms with Gasteiger partial charge in [0.1, 0.15) is 0 Å². The summed E-state index contributed by atoms with van der Waals surface area (Å²) in [6.07, 6.45) is 3.37. The van der Waals surface area contributed by atoms with Crippen molar-refractivity contribution in [3.63, 3.8) is 0 Å². The van der Waals surface area contributed by atoms with E-state index in [1.54, 1.807) is 0 Å². The van der Waals surface area contributed by atoms with Crippen LogP contribution in [0.25, 0.3) is 0 Å². The van der Waals surface area contributed by atoms with Crippen molar-refractivity contribution in [3.05, 3.63) is 12.2 Å². The Balaban J connectivity index is 3.27. The van der Waals surface area contributed by atoms with E-state index in [1.807, 2.05) is 0 Å². The molecule has 1 radical (unpaired) electrons. The molecule has 0 spiro atoms. The van der Waals surface area contributed by atoms with Crippen LogP contribution in [0.2, 0.25) is 0 Å². The molecule has 53 valence electrons. The number of hydrogen-bond acceptors (Lipinski definition) is 0. The third-order valence-corrected chi connectivity index (χ3v) is 1.24. The molecule has 0 bridgehead atoms. The molecule has 0 rings (SSSR count). The third kappa shape index (κ3) is 5.61. The molecule has 0 atom stereocenters. The maximum atomic E-state index is 5.70. The second-order valence-electron chi connectivity index (χ2n) is 3.01. The first-order chi connectivity index (χ1) is 4.16. The predicted octanol–water partition coefficient (Wildman–Crippen LogP) is 3.19. The molecule has 0 aliphatic carbocycles. The molecule has 0 fully saturated rings. The highest BCUT2D eigenvalue weighted by Crippen LogP contribution is 2.12. The number of hydrogen-bond donors (Lipinski definition) is 0. The van der Waals surface area contributed by atoms with E-state index in [2.05, 4.69) is 20.8 Å². The first kappa shape index (κ1) is 8.74. The zero-order valence-corrected chi connectivity index (χ0v) is 6.78. The topological polar surface area (TPSA) is 0 Å². The van der Waals surface area contributed by atoms with Crippen molar-refractivity contribution < 1.29 is 0 Å². The molecule has 0 nitrogen and oxygen atoms in total. The molecule has 0 unspecified atom stereocenters. The Morgan fingerprint density at radius 2 is 2.00 bits per heavy atom. The van der Waals surface area contributed by atoms with Crippen LogP contribution >= 0.6 is 0 Å². The van der Waals surface area contributed by atoms with E-state index in [9.17, 15) is 0 Å². The second-order valence-corrected chi connectivity index (χ2v) is 3.01. The fourth-order valence-electron chi connectivity index (χ4n) is 0.948. The first-order valence-corrected chi connectivity index (χ1v) is 3.77. The molecule has 0 heteroatoms. The summed E-state index contributed by atoms with van der Waals surface area (Å²) in [5.41, 5.74) is 1.16. The second kappa shape index (κ2) is 4.60. The average Bonchev–Trinajstić information content (AvgIpc) is 1.63. The Hall–Kier alpha value is -0.260. The first-order valence-electron chi connectivity index (χ1n) is 3.77. The SMILES string of the molecule is [CH]=C(CCC)CC(C)C. The molecule has 0 aliphatic heterocycles. The van der Waals surface area contributed by atoms with Crippen molar-refractivity contribution in [2.45, 2.75) is 40.0 Å². The van der Waals surface area contributed by atoms with Gasteiger partial charge in [0, 0.05) is 0 Å². The minimum Gasteiger partial charge on any atom is -0.0700 e. The van der Waals surface area contributed by atoms with Crippen LogP contribution in [-0.4, -0.2) is 0 Å². The van der Waals surface area contributed by atoms with Crippen molar-refractivity contribution in [3.8, 4) is 0 Å². The van der Waals surface area contributed by atoms with E-state index in [0.717, 1.165) is 24.3 Å². The van der Waals surface area contributed by atoms with Crippen molar-refractivity contribution in [1.29, 1.82) is 0 Å². The van der Waals surface area contributed by atoms with E-state index in [0.29, 0.717) is 0 Å². The molecular weight excluding hydrogens is 108 g/mol. The Bertz CT molecular complexity index is 80.0. The summed E-state index contributed by atoms with van der Waals surface area (Å²) in [7, 11) is 0. The maximum Gasteiger partial charge on any atom is -0.0294 e. The fraction of sp³-hybridized carbons (Fsp3) is 0.778. The summed E-state index contributed by atoms with van der Waals surface area (Å²) in [6.45, 7) is 12.3. The van der Waals surface area contributed by atoms with Gasteiger partial charge in [0.25, 0.3) is 0 Å². The lowest BCUT2D eigenvalue weighted by atomic mass is 10.0. The minimum absolute atomic E-state index is 0.719. The zero-order chi connectivity index (χ0) is 7.28. The van der Waals surface area contributed by atoms with Gasteiger partial charge in [0.2, 0.25) is 0 Å². The van der Waals surface area contributed by atoms with Crippen LogP contribution in [0, 0.1) is 12.5 Å². The van der Waals surface area contributed by atoms with Gasteiger partial charge in [-0.3, -0.25) is 0 Å². The highest BCUT2D eigenvalue weighted by molar-refractivity contribution is 4.91. The summed E-state index contributed by atoms with van der Waals surface area (Å²) in [5, 5.41) is 0.